The van der Waals surface area contributed by atoms with Gasteiger partial charge in [0.2, 0.25) is 0 Å². The third-order valence-corrected chi connectivity index (χ3v) is 1.64. The van der Waals surface area contributed by atoms with Gasteiger partial charge in [0.15, 0.2) is 0 Å². The Morgan fingerprint density at radius 2 is 1.73 bits per heavy atom. The largest absolute Gasteiger partial charge is 0.872 e. The molecule has 0 saturated carbocycles. The highest BCUT2D eigenvalue weighted by atomic mass is 16.3. The number of nitrogens with zero attached hydrogens (tertiary/aromatic N) is 2. The lowest BCUT2D eigenvalue weighted by molar-refractivity contribution is -0.268. The van der Waals surface area contributed by atoms with E-state index < -0.39 is 0 Å². The molecule has 15 heavy (non-hydrogen) atoms. The predicted molar refractivity (Wildman–Crippen MR) is 56.2 cm³/mol. The van der Waals surface area contributed by atoms with Gasteiger partial charge in [-0.3, -0.25) is 0 Å². The summed E-state index contributed by atoms with van der Waals surface area (Å²) in [5.74, 6) is -0.0163. The molecule has 1 aromatic rings. The zero-order valence-electron chi connectivity index (χ0n) is 7.84. The van der Waals surface area contributed by atoms with Crippen molar-refractivity contribution in [1.29, 1.82) is 0 Å². The lowest BCUT2D eigenvalue weighted by Crippen LogP contribution is -1.87. The van der Waals surface area contributed by atoms with E-state index >= 15 is 0 Å². The van der Waals surface area contributed by atoms with Crippen LogP contribution >= 0.6 is 0 Å². The highest BCUT2D eigenvalue weighted by Crippen LogP contribution is 2.08. The summed E-state index contributed by atoms with van der Waals surface area (Å²) >= 11 is 0. The molecular weight excluding hydrogens is 188 g/mol. The summed E-state index contributed by atoms with van der Waals surface area (Å²) in [4.78, 5) is 6.02. The minimum atomic E-state index is -0.0364. The molecule has 0 unspecified atom stereocenters. The Labute approximate surface area is 88.2 Å². The minimum absolute atomic E-state index is 0.0201. The van der Waals surface area contributed by atoms with Crippen molar-refractivity contribution in [2.45, 2.75) is 0 Å². The molecule has 0 bridgehead atoms. The van der Waals surface area contributed by atoms with E-state index in [0.717, 1.165) is 5.56 Å². The van der Waals surface area contributed by atoms with Gasteiger partial charge in [0.05, 0.1) is 0 Å². The molecule has 1 aromatic carbocycles. The first kappa shape index (κ1) is 10.6. The summed E-state index contributed by atoms with van der Waals surface area (Å²) in [5.41, 5.74) is 0.861. The van der Waals surface area contributed by atoms with Crippen LogP contribution in [0.5, 0.6) is 5.75 Å². The third kappa shape index (κ3) is 3.38. The van der Waals surface area contributed by atoms with Crippen molar-refractivity contribution in [3.8, 4) is 5.75 Å². The van der Waals surface area contributed by atoms with Crippen LogP contribution in [-0.4, -0.2) is 0 Å². The fourth-order valence-corrected chi connectivity index (χ4v) is 0.924. The molecule has 0 aliphatic heterocycles. The monoisotopic (exact) mass is 195 g/mol. The average molecular weight is 195 g/mol. The summed E-state index contributed by atoms with van der Waals surface area (Å²) in [7, 11) is 0. The molecule has 0 aliphatic rings. The lowest BCUT2D eigenvalue weighted by atomic mass is 10.2. The van der Waals surface area contributed by atoms with E-state index in [1.807, 2.05) is 0 Å². The summed E-state index contributed by atoms with van der Waals surface area (Å²) in [5, 5.41) is 10.8. The normalized spacial score (nSPS) is 9.20. The second-order valence-electron chi connectivity index (χ2n) is 2.68. The van der Waals surface area contributed by atoms with Crippen LogP contribution < -0.4 is 5.11 Å². The number of hydrogen-bond donors (Lipinski definition) is 0. The Balaban J connectivity index is 2.76. The van der Waals surface area contributed by atoms with Crippen molar-refractivity contribution in [3.05, 3.63) is 70.6 Å². The zero-order valence-corrected chi connectivity index (χ0v) is 7.84. The van der Waals surface area contributed by atoms with E-state index in [2.05, 4.69) is 9.69 Å². The molecule has 0 heterocycles. The van der Waals surface area contributed by atoms with Gasteiger partial charge in [-0.05, 0) is 5.56 Å². The number of allylic oxidation sites excluding steroid dienone is 2. The van der Waals surface area contributed by atoms with Crippen LogP contribution in [-0.2, 0) is 0 Å². The predicted octanol–water partition coefficient (Wildman–Crippen LogP) is 2.45. The van der Waals surface area contributed by atoms with Gasteiger partial charge in [-0.1, -0.05) is 36.4 Å². The van der Waals surface area contributed by atoms with Gasteiger partial charge in [0, 0.05) is 6.08 Å². The lowest BCUT2D eigenvalue weighted by Gasteiger charge is -2.02. The fraction of sp³-hybridized carbons (Fsp3) is 0. The molecule has 0 atom stereocenters. The maximum absolute atomic E-state index is 10.8. The van der Waals surface area contributed by atoms with E-state index in [9.17, 15) is 5.11 Å². The molecule has 0 aliphatic carbocycles. The topological polar surface area (TPSA) is 31.8 Å². The van der Waals surface area contributed by atoms with Gasteiger partial charge in [-0.2, -0.15) is 9.69 Å². The molecule has 0 fully saturated rings. The SMILES string of the molecule is [C-]#[N+]C(=CC=Cc1ccc([O-])cc1)[N+]#[C-]. The number of benzene rings is 1. The van der Waals surface area contributed by atoms with Crippen LogP contribution in [0.25, 0.3) is 15.8 Å². The summed E-state index contributed by atoms with van der Waals surface area (Å²) in [6.45, 7) is 13.3. The van der Waals surface area contributed by atoms with Crippen LogP contribution in [0.1, 0.15) is 5.56 Å². The fourth-order valence-electron chi connectivity index (χ4n) is 0.924. The molecule has 0 N–H and O–H groups in total. The average Bonchev–Trinajstić information content (AvgIpc) is 2.27. The van der Waals surface area contributed by atoms with Crippen molar-refractivity contribution in [1.82, 2.24) is 0 Å². The van der Waals surface area contributed by atoms with Crippen molar-refractivity contribution in [2.75, 3.05) is 0 Å². The standard InChI is InChI=1S/C12H8N2O/c1-13-12(14-2)5-3-4-10-6-8-11(15)9-7-10/h3-9,15H/p-1. The van der Waals surface area contributed by atoms with Gasteiger partial charge in [0.25, 0.3) is 0 Å². The Morgan fingerprint density at radius 3 is 2.27 bits per heavy atom. The van der Waals surface area contributed by atoms with Gasteiger partial charge in [-0.15, -0.1) is 5.75 Å². The summed E-state index contributed by atoms with van der Waals surface area (Å²) in [6.07, 6.45) is 4.78. The van der Waals surface area contributed by atoms with Crippen molar-refractivity contribution >= 4 is 6.08 Å². The van der Waals surface area contributed by atoms with Crippen LogP contribution in [0.15, 0.2) is 42.2 Å². The van der Waals surface area contributed by atoms with Crippen LogP contribution in [0.2, 0.25) is 0 Å². The Morgan fingerprint density at radius 1 is 1.13 bits per heavy atom. The molecule has 0 radical (unpaired) electrons. The van der Waals surface area contributed by atoms with Gasteiger partial charge in [-0.25, -0.2) is 0 Å². The first-order valence-electron chi connectivity index (χ1n) is 4.16. The molecule has 72 valence electrons. The van der Waals surface area contributed by atoms with E-state index in [4.69, 9.17) is 13.1 Å². The van der Waals surface area contributed by atoms with Crippen LogP contribution in [0.4, 0.5) is 0 Å². The summed E-state index contributed by atoms with van der Waals surface area (Å²) in [6, 6.07) is 6.30. The van der Waals surface area contributed by atoms with E-state index in [1.54, 1.807) is 24.3 Å². The molecule has 3 nitrogen and oxygen atoms in total. The molecule has 0 aromatic heterocycles. The highest BCUT2D eigenvalue weighted by molar-refractivity contribution is 5.52. The second-order valence-corrected chi connectivity index (χ2v) is 2.68. The summed E-state index contributed by atoms with van der Waals surface area (Å²) < 4.78 is 0. The van der Waals surface area contributed by atoms with E-state index in [1.165, 1.54) is 18.2 Å². The van der Waals surface area contributed by atoms with Crippen molar-refractivity contribution in [3.63, 3.8) is 0 Å². The first-order chi connectivity index (χ1) is 7.26. The molecule has 1 rings (SSSR count). The molecule has 0 saturated heterocycles. The van der Waals surface area contributed by atoms with Crippen molar-refractivity contribution < 1.29 is 5.11 Å². The zero-order chi connectivity index (χ0) is 11.1. The number of rotatable bonds is 2. The smallest absolute Gasteiger partial charge is 0.519 e. The quantitative estimate of drug-likeness (QED) is 0.527. The van der Waals surface area contributed by atoms with Crippen LogP contribution in [0.3, 0.4) is 0 Å². The Kier molecular flexibility index (Phi) is 3.70. The van der Waals surface area contributed by atoms with Gasteiger partial charge in [0.1, 0.15) is 13.1 Å². The maximum atomic E-state index is 10.8. The van der Waals surface area contributed by atoms with Gasteiger partial charge < -0.3 is 5.11 Å². The van der Waals surface area contributed by atoms with Gasteiger partial charge >= 0.3 is 5.82 Å². The molecule has 3 heteroatoms. The highest BCUT2D eigenvalue weighted by Gasteiger charge is 1.96. The van der Waals surface area contributed by atoms with E-state index in [0.29, 0.717) is 0 Å². The Hall–Kier alpha value is -2.52. The van der Waals surface area contributed by atoms with Crippen LogP contribution in [0, 0.1) is 13.1 Å². The second kappa shape index (κ2) is 5.26. The minimum Gasteiger partial charge on any atom is -0.872 e. The first-order valence-corrected chi connectivity index (χ1v) is 4.16. The third-order valence-electron chi connectivity index (χ3n) is 1.64. The molecular formula is C12H7N2O-. The maximum Gasteiger partial charge on any atom is 0.519 e. The van der Waals surface area contributed by atoms with E-state index in [-0.39, 0.29) is 11.6 Å². The molecule has 0 spiro atoms. The van der Waals surface area contributed by atoms with Crippen molar-refractivity contribution in [2.24, 2.45) is 0 Å². The Bertz CT molecular complexity index is 454. The number of hydrogen-bond acceptors (Lipinski definition) is 1. The molecule has 0 amide bonds.